The second-order valence-corrected chi connectivity index (χ2v) is 21.0. The number of ether oxygens (including phenoxy) is 3. The zero-order chi connectivity index (χ0) is 48.6. The van der Waals surface area contributed by atoms with Crippen LogP contribution in [0.1, 0.15) is 355 Å². The third kappa shape index (κ3) is 55.2. The van der Waals surface area contributed by atoms with Gasteiger partial charge in [0.15, 0.2) is 6.10 Å². The number of hydrogen-bond acceptors (Lipinski definition) is 6. The van der Waals surface area contributed by atoms with Crippen molar-refractivity contribution in [1.82, 2.24) is 0 Å². The third-order valence-corrected chi connectivity index (χ3v) is 14.1. The van der Waals surface area contributed by atoms with Crippen molar-refractivity contribution in [2.75, 3.05) is 13.2 Å². The van der Waals surface area contributed by atoms with Crippen molar-refractivity contribution in [3.05, 3.63) is 0 Å². The molecule has 0 aliphatic heterocycles. The monoisotopic (exact) mass is 947 g/mol. The van der Waals surface area contributed by atoms with Gasteiger partial charge in [-0.05, 0) is 19.3 Å². The first-order chi connectivity index (χ1) is 33.0. The molecule has 1 unspecified atom stereocenters. The molecule has 0 aliphatic carbocycles. The fourth-order valence-corrected chi connectivity index (χ4v) is 9.51. The van der Waals surface area contributed by atoms with Crippen LogP contribution in [-0.2, 0) is 28.6 Å². The third-order valence-electron chi connectivity index (χ3n) is 14.1. The molecule has 0 bridgehead atoms. The van der Waals surface area contributed by atoms with E-state index in [9.17, 15) is 14.4 Å². The second kappa shape index (κ2) is 57.0. The smallest absolute Gasteiger partial charge is 0.306 e. The van der Waals surface area contributed by atoms with Crippen LogP contribution in [0.2, 0.25) is 0 Å². The Morgan fingerprint density at radius 3 is 0.597 bits per heavy atom. The first kappa shape index (κ1) is 65.4. The summed E-state index contributed by atoms with van der Waals surface area (Å²) in [6.45, 7) is 6.69. The number of carbonyl (C=O) groups excluding carboxylic acids is 3. The minimum atomic E-state index is -0.760. The van der Waals surface area contributed by atoms with Crippen molar-refractivity contribution in [1.29, 1.82) is 0 Å². The van der Waals surface area contributed by atoms with E-state index in [1.165, 1.54) is 257 Å². The zero-order valence-corrected chi connectivity index (χ0v) is 45.7. The lowest BCUT2D eigenvalue weighted by molar-refractivity contribution is -0.167. The number of hydrogen-bond donors (Lipinski definition) is 0. The van der Waals surface area contributed by atoms with Gasteiger partial charge in [0.05, 0.1) is 0 Å². The maximum Gasteiger partial charge on any atom is 0.306 e. The lowest BCUT2D eigenvalue weighted by Crippen LogP contribution is -2.30. The van der Waals surface area contributed by atoms with Crippen LogP contribution in [0.5, 0.6) is 0 Å². The molecule has 0 aromatic heterocycles. The predicted molar refractivity (Wildman–Crippen MR) is 289 cm³/mol. The molecule has 398 valence electrons. The summed E-state index contributed by atoms with van der Waals surface area (Å²) < 4.78 is 16.8. The van der Waals surface area contributed by atoms with Crippen LogP contribution in [0.3, 0.4) is 0 Å². The van der Waals surface area contributed by atoms with Gasteiger partial charge >= 0.3 is 17.9 Å². The SMILES string of the molecule is CCCCCCCCCCCCCCCCCCCCCCCCCCCCCC(=O)OCC(COC(=O)CCCCCCCCCCCCC)OC(=O)CCCCCCCCCCCCC. The van der Waals surface area contributed by atoms with E-state index >= 15 is 0 Å². The Morgan fingerprint density at radius 1 is 0.239 bits per heavy atom. The minimum absolute atomic E-state index is 0.0614. The van der Waals surface area contributed by atoms with Gasteiger partial charge in [-0.25, -0.2) is 0 Å². The second-order valence-electron chi connectivity index (χ2n) is 21.0. The summed E-state index contributed by atoms with van der Waals surface area (Å²) in [7, 11) is 0. The first-order valence-electron chi connectivity index (χ1n) is 30.5. The molecule has 6 heteroatoms. The molecule has 0 saturated heterocycles. The average Bonchev–Trinajstić information content (AvgIpc) is 3.33. The van der Waals surface area contributed by atoms with Gasteiger partial charge in [-0.3, -0.25) is 14.4 Å². The first-order valence-corrected chi connectivity index (χ1v) is 30.5. The van der Waals surface area contributed by atoms with Gasteiger partial charge in [-0.2, -0.15) is 0 Å². The number of rotatable bonds is 57. The highest BCUT2D eigenvalue weighted by Crippen LogP contribution is 2.18. The highest BCUT2D eigenvalue weighted by molar-refractivity contribution is 5.71. The van der Waals surface area contributed by atoms with Gasteiger partial charge in [-0.15, -0.1) is 0 Å². The normalized spacial score (nSPS) is 11.9. The van der Waals surface area contributed by atoms with Crippen LogP contribution >= 0.6 is 0 Å². The Morgan fingerprint density at radius 2 is 0.403 bits per heavy atom. The van der Waals surface area contributed by atoms with Gasteiger partial charge in [-0.1, -0.05) is 316 Å². The molecule has 0 fully saturated rings. The van der Waals surface area contributed by atoms with E-state index in [0.717, 1.165) is 57.8 Å². The molecule has 0 N–H and O–H groups in total. The maximum atomic E-state index is 12.8. The minimum Gasteiger partial charge on any atom is -0.462 e. The fourth-order valence-electron chi connectivity index (χ4n) is 9.51. The molecule has 0 aromatic carbocycles. The summed E-state index contributed by atoms with van der Waals surface area (Å²) in [6.07, 6.45) is 64.1. The average molecular weight is 948 g/mol. The van der Waals surface area contributed by atoms with Gasteiger partial charge in [0.25, 0.3) is 0 Å². The van der Waals surface area contributed by atoms with Crippen molar-refractivity contribution < 1.29 is 28.6 Å². The van der Waals surface area contributed by atoms with Crippen molar-refractivity contribution in [2.24, 2.45) is 0 Å². The summed E-state index contributed by atoms with van der Waals surface area (Å²) in [6, 6.07) is 0. The van der Waals surface area contributed by atoms with E-state index in [1.54, 1.807) is 0 Å². The summed E-state index contributed by atoms with van der Waals surface area (Å²) in [4.78, 5) is 38.0. The van der Waals surface area contributed by atoms with E-state index < -0.39 is 6.10 Å². The summed E-state index contributed by atoms with van der Waals surface area (Å²) in [5.41, 5.74) is 0. The Hall–Kier alpha value is -1.59. The number of carbonyl (C=O) groups is 3. The van der Waals surface area contributed by atoms with E-state index in [2.05, 4.69) is 20.8 Å². The largest absolute Gasteiger partial charge is 0.462 e. The number of esters is 3. The Balaban J connectivity index is 4.05. The Labute approximate surface area is 418 Å². The quantitative estimate of drug-likeness (QED) is 0.0343. The van der Waals surface area contributed by atoms with E-state index in [0.29, 0.717) is 19.3 Å². The molecule has 67 heavy (non-hydrogen) atoms. The zero-order valence-electron chi connectivity index (χ0n) is 45.7. The highest BCUT2D eigenvalue weighted by atomic mass is 16.6. The number of unbranched alkanes of at least 4 members (excludes halogenated alkanes) is 46. The topological polar surface area (TPSA) is 78.9 Å². The summed E-state index contributed by atoms with van der Waals surface area (Å²) in [5.74, 6) is -0.836. The molecule has 0 heterocycles. The van der Waals surface area contributed by atoms with Gasteiger partial charge in [0.2, 0.25) is 0 Å². The molecule has 0 rings (SSSR count). The summed E-state index contributed by atoms with van der Waals surface area (Å²) >= 11 is 0. The lowest BCUT2D eigenvalue weighted by Gasteiger charge is -2.18. The van der Waals surface area contributed by atoms with Crippen LogP contribution in [-0.4, -0.2) is 37.2 Å². The lowest BCUT2D eigenvalue weighted by atomic mass is 10.0. The van der Waals surface area contributed by atoms with Crippen LogP contribution in [0, 0.1) is 0 Å². The van der Waals surface area contributed by atoms with Gasteiger partial charge in [0.1, 0.15) is 13.2 Å². The molecule has 0 amide bonds. The Kier molecular flexibility index (Phi) is 55.6. The van der Waals surface area contributed by atoms with E-state index in [-0.39, 0.29) is 31.1 Å². The van der Waals surface area contributed by atoms with Crippen LogP contribution in [0.25, 0.3) is 0 Å². The van der Waals surface area contributed by atoms with Crippen LogP contribution in [0.4, 0.5) is 0 Å². The fraction of sp³-hybridized carbons (Fsp3) is 0.951. The molecular formula is C61H118O6. The van der Waals surface area contributed by atoms with Gasteiger partial charge in [0, 0.05) is 19.3 Å². The summed E-state index contributed by atoms with van der Waals surface area (Å²) in [5, 5.41) is 0. The van der Waals surface area contributed by atoms with Crippen molar-refractivity contribution in [3.8, 4) is 0 Å². The maximum absolute atomic E-state index is 12.8. The van der Waals surface area contributed by atoms with Crippen molar-refractivity contribution in [2.45, 2.75) is 361 Å². The van der Waals surface area contributed by atoms with E-state index in [4.69, 9.17) is 14.2 Å². The van der Waals surface area contributed by atoms with Crippen molar-refractivity contribution >= 4 is 17.9 Å². The molecule has 6 nitrogen and oxygen atoms in total. The van der Waals surface area contributed by atoms with Crippen LogP contribution < -0.4 is 0 Å². The molecule has 0 spiro atoms. The van der Waals surface area contributed by atoms with E-state index in [1.807, 2.05) is 0 Å². The molecule has 0 saturated carbocycles. The standard InChI is InChI=1S/C61H118O6/c1-4-7-10-13-16-19-22-23-24-25-26-27-28-29-30-31-32-33-34-35-36-37-40-42-45-48-51-54-60(63)66-57-58(67-61(64)55-52-49-46-43-39-21-18-15-12-9-6-3)56-65-59(62)53-50-47-44-41-38-20-17-14-11-8-5-2/h58H,4-57H2,1-3H3. The van der Waals surface area contributed by atoms with Crippen LogP contribution in [0.15, 0.2) is 0 Å². The predicted octanol–water partition coefficient (Wildman–Crippen LogP) is 20.3. The highest BCUT2D eigenvalue weighted by Gasteiger charge is 2.19. The Bertz CT molecular complexity index is 998. The molecule has 0 aliphatic rings. The molecule has 1 atom stereocenters. The molecule has 0 radical (unpaired) electrons. The molecular weight excluding hydrogens is 829 g/mol. The van der Waals surface area contributed by atoms with Crippen molar-refractivity contribution in [3.63, 3.8) is 0 Å². The van der Waals surface area contributed by atoms with Gasteiger partial charge < -0.3 is 14.2 Å². The molecule has 0 aromatic rings.